The fourth-order valence-electron chi connectivity index (χ4n) is 0.939. The van der Waals surface area contributed by atoms with E-state index in [0.717, 1.165) is 13.2 Å². The van der Waals surface area contributed by atoms with Gasteiger partial charge in [-0.3, -0.25) is 0 Å². The van der Waals surface area contributed by atoms with Crippen LogP contribution in [-0.4, -0.2) is 36.9 Å². The Kier molecular flexibility index (Phi) is 3.48. The predicted molar refractivity (Wildman–Crippen MR) is 53.1 cm³/mol. The van der Waals surface area contributed by atoms with Crippen LogP contribution in [0.25, 0.3) is 0 Å². The average Bonchev–Trinajstić information content (AvgIpc) is 2.61. The minimum atomic E-state index is -1.38. The van der Waals surface area contributed by atoms with Crippen LogP contribution in [0.3, 0.4) is 0 Å². The van der Waals surface area contributed by atoms with Crippen LogP contribution in [0.1, 0.15) is 0 Å². The summed E-state index contributed by atoms with van der Waals surface area (Å²) >= 11 is 0. The molecular formula is C7H18O3Si2. The number of ether oxygens (including phenoxy) is 1. The van der Waals surface area contributed by atoms with E-state index in [1.54, 1.807) is 0 Å². The van der Waals surface area contributed by atoms with E-state index in [2.05, 4.69) is 26.2 Å². The molecule has 0 aromatic rings. The molecule has 0 aromatic heterocycles. The quantitative estimate of drug-likeness (QED) is 0.499. The summed E-state index contributed by atoms with van der Waals surface area (Å²) in [6.45, 7) is 10.3. The van der Waals surface area contributed by atoms with Crippen molar-refractivity contribution in [1.82, 2.24) is 0 Å². The SMILES string of the molecule is C[SiH](OCC1CO1)O[Si](C)(C)C. The van der Waals surface area contributed by atoms with Crippen LogP contribution in [0, 0.1) is 0 Å². The fraction of sp³-hybridized carbons (Fsp3) is 1.00. The molecule has 3 nitrogen and oxygen atoms in total. The summed E-state index contributed by atoms with van der Waals surface area (Å²) in [5.74, 6) is 0. The van der Waals surface area contributed by atoms with Gasteiger partial charge in [0.1, 0.15) is 6.10 Å². The van der Waals surface area contributed by atoms with Gasteiger partial charge in [-0.2, -0.15) is 0 Å². The number of epoxide rings is 1. The van der Waals surface area contributed by atoms with E-state index in [4.69, 9.17) is 13.3 Å². The van der Waals surface area contributed by atoms with Crippen LogP contribution in [0.5, 0.6) is 0 Å². The molecule has 2 unspecified atom stereocenters. The molecule has 1 aliphatic rings. The van der Waals surface area contributed by atoms with Crippen molar-refractivity contribution >= 4 is 17.6 Å². The van der Waals surface area contributed by atoms with Gasteiger partial charge in [0.15, 0.2) is 8.32 Å². The lowest BCUT2D eigenvalue weighted by Crippen LogP contribution is -2.35. The van der Waals surface area contributed by atoms with Crippen LogP contribution < -0.4 is 0 Å². The summed E-state index contributed by atoms with van der Waals surface area (Å²) in [5, 5.41) is 0. The van der Waals surface area contributed by atoms with Gasteiger partial charge in [0.05, 0.1) is 13.2 Å². The maximum atomic E-state index is 5.82. The molecule has 5 heteroatoms. The molecule has 2 atom stereocenters. The largest absolute Gasteiger partial charge is 0.438 e. The molecule has 0 N–H and O–H groups in total. The molecule has 72 valence electrons. The highest BCUT2D eigenvalue weighted by molar-refractivity contribution is 6.75. The van der Waals surface area contributed by atoms with Gasteiger partial charge >= 0.3 is 9.28 Å². The van der Waals surface area contributed by atoms with E-state index >= 15 is 0 Å². The first-order chi connectivity index (χ1) is 5.47. The standard InChI is InChI=1S/C7H18O3Si2/c1-11(10-12(2,3)4)9-6-7-5-8-7/h7,11H,5-6H2,1-4H3. The van der Waals surface area contributed by atoms with Gasteiger partial charge in [-0.1, -0.05) is 0 Å². The second kappa shape index (κ2) is 4.01. The Morgan fingerprint density at radius 3 is 2.50 bits per heavy atom. The molecule has 1 rings (SSSR count). The van der Waals surface area contributed by atoms with Gasteiger partial charge in [0.2, 0.25) is 0 Å². The van der Waals surface area contributed by atoms with Crippen molar-refractivity contribution in [3.8, 4) is 0 Å². The minimum absolute atomic E-state index is 0.366. The average molecular weight is 206 g/mol. The first kappa shape index (κ1) is 10.4. The van der Waals surface area contributed by atoms with E-state index in [0.29, 0.717) is 6.10 Å². The Hall–Kier alpha value is 0.314. The van der Waals surface area contributed by atoms with Crippen LogP contribution >= 0.6 is 0 Å². The van der Waals surface area contributed by atoms with Gasteiger partial charge in [-0.15, -0.1) is 0 Å². The van der Waals surface area contributed by atoms with Gasteiger partial charge in [0, 0.05) is 0 Å². The summed E-state index contributed by atoms with van der Waals surface area (Å²) in [7, 11) is -2.74. The third-order valence-corrected chi connectivity index (χ3v) is 6.26. The van der Waals surface area contributed by atoms with Crippen molar-refractivity contribution in [3.05, 3.63) is 0 Å². The highest BCUT2D eigenvalue weighted by Crippen LogP contribution is 2.11. The summed E-state index contributed by atoms with van der Waals surface area (Å²) in [6, 6.07) is 0. The van der Waals surface area contributed by atoms with Crippen LogP contribution in [0.4, 0.5) is 0 Å². The molecule has 0 saturated carbocycles. The van der Waals surface area contributed by atoms with Gasteiger partial charge in [-0.25, -0.2) is 0 Å². The Balaban J connectivity index is 2.05. The van der Waals surface area contributed by atoms with Gasteiger partial charge in [-0.05, 0) is 26.2 Å². The molecule has 0 aliphatic carbocycles. The van der Waals surface area contributed by atoms with Crippen molar-refractivity contribution in [2.24, 2.45) is 0 Å². The zero-order valence-corrected chi connectivity index (χ0v) is 10.4. The molecule has 0 radical (unpaired) electrons. The Morgan fingerprint density at radius 1 is 1.50 bits per heavy atom. The normalized spacial score (nSPS) is 25.5. The van der Waals surface area contributed by atoms with Crippen LogP contribution in [0.15, 0.2) is 0 Å². The molecule has 0 aromatic carbocycles. The lowest BCUT2D eigenvalue weighted by molar-refractivity contribution is 0.232. The van der Waals surface area contributed by atoms with Crippen LogP contribution in [-0.2, 0) is 13.3 Å². The molecule has 0 spiro atoms. The monoisotopic (exact) mass is 206 g/mol. The molecule has 0 bridgehead atoms. The van der Waals surface area contributed by atoms with Crippen molar-refractivity contribution in [2.75, 3.05) is 13.2 Å². The highest BCUT2D eigenvalue weighted by atomic mass is 28.4. The summed E-state index contributed by atoms with van der Waals surface area (Å²) in [5.41, 5.74) is 0. The molecule has 1 aliphatic heterocycles. The smallest absolute Gasteiger partial charge is 0.307 e. The first-order valence-corrected chi connectivity index (χ1v) is 9.89. The fourth-order valence-corrected chi connectivity index (χ4v) is 5.68. The Labute approximate surface area is 77.0 Å². The van der Waals surface area contributed by atoms with E-state index in [9.17, 15) is 0 Å². The predicted octanol–water partition coefficient (Wildman–Crippen LogP) is 1.10. The Morgan fingerprint density at radius 2 is 2.08 bits per heavy atom. The zero-order chi connectivity index (χ0) is 9.19. The maximum absolute atomic E-state index is 5.82. The van der Waals surface area contributed by atoms with Crippen molar-refractivity contribution in [2.45, 2.75) is 32.3 Å². The minimum Gasteiger partial charge on any atom is -0.438 e. The van der Waals surface area contributed by atoms with E-state index < -0.39 is 17.6 Å². The van der Waals surface area contributed by atoms with Gasteiger partial charge < -0.3 is 13.3 Å². The molecule has 0 amide bonds. The van der Waals surface area contributed by atoms with E-state index in [-0.39, 0.29) is 0 Å². The molecular weight excluding hydrogens is 188 g/mol. The van der Waals surface area contributed by atoms with E-state index in [1.807, 2.05) is 0 Å². The third kappa shape index (κ3) is 5.05. The van der Waals surface area contributed by atoms with Crippen molar-refractivity contribution in [1.29, 1.82) is 0 Å². The van der Waals surface area contributed by atoms with Crippen LogP contribution in [0.2, 0.25) is 26.2 Å². The highest BCUT2D eigenvalue weighted by Gasteiger charge is 2.25. The maximum Gasteiger partial charge on any atom is 0.307 e. The summed E-state index contributed by atoms with van der Waals surface area (Å²) in [4.78, 5) is 0. The van der Waals surface area contributed by atoms with Crippen molar-refractivity contribution in [3.63, 3.8) is 0 Å². The molecule has 12 heavy (non-hydrogen) atoms. The first-order valence-electron chi connectivity index (χ1n) is 4.38. The Bertz CT molecular complexity index is 142. The number of hydrogen-bond donors (Lipinski definition) is 0. The van der Waals surface area contributed by atoms with Crippen molar-refractivity contribution < 1.29 is 13.3 Å². The van der Waals surface area contributed by atoms with Gasteiger partial charge in [0.25, 0.3) is 0 Å². The lowest BCUT2D eigenvalue weighted by atomic mass is 10.5. The molecule has 1 heterocycles. The lowest BCUT2D eigenvalue weighted by Gasteiger charge is -2.22. The number of rotatable bonds is 5. The third-order valence-electron chi connectivity index (χ3n) is 1.44. The summed E-state index contributed by atoms with van der Waals surface area (Å²) in [6.07, 6.45) is 0.366. The zero-order valence-electron chi connectivity index (χ0n) is 8.29. The second-order valence-corrected chi connectivity index (χ2v) is 10.7. The van der Waals surface area contributed by atoms with E-state index in [1.165, 1.54) is 0 Å². The topological polar surface area (TPSA) is 31.0 Å². The summed E-state index contributed by atoms with van der Waals surface area (Å²) < 4.78 is 16.4. The second-order valence-electron chi connectivity index (χ2n) is 4.09. The molecule has 1 fully saturated rings. The molecule has 1 saturated heterocycles. The number of hydrogen-bond acceptors (Lipinski definition) is 3.